The first-order valence-electron chi connectivity index (χ1n) is 8.77. The van der Waals surface area contributed by atoms with Crippen LogP contribution in [0.5, 0.6) is 0 Å². The van der Waals surface area contributed by atoms with Gasteiger partial charge in [-0.05, 0) is 37.8 Å². The summed E-state index contributed by atoms with van der Waals surface area (Å²) in [5.41, 5.74) is -0.827. The molecule has 2 atom stereocenters. The third-order valence-electron chi connectivity index (χ3n) is 5.41. The molecule has 2 fully saturated rings. The molecule has 2 aliphatic rings. The second-order valence-electron chi connectivity index (χ2n) is 7.20. The lowest BCUT2D eigenvalue weighted by molar-refractivity contribution is -0.140. The summed E-state index contributed by atoms with van der Waals surface area (Å²) >= 11 is 0. The highest BCUT2D eigenvalue weighted by Gasteiger charge is 2.55. The highest BCUT2D eigenvalue weighted by Crippen LogP contribution is 2.38. The number of nitrogens with zero attached hydrogens (tertiary/aromatic N) is 2. The summed E-state index contributed by atoms with van der Waals surface area (Å²) in [4.78, 5) is 40.2. The highest BCUT2D eigenvalue weighted by molar-refractivity contribution is 6.09. The molecule has 0 aromatic carbocycles. The fourth-order valence-corrected chi connectivity index (χ4v) is 3.79. The first-order valence-corrected chi connectivity index (χ1v) is 8.77. The zero-order valence-electron chi connectivity index (χ0n) is 15.0. The number of likely N-dealkylation sites (N-methyl/N-ethyl adjacent to an activating group) is 1. The van der Waals surface area contributed by atoms with E-state index in [4.69, 9.17) is 4.42 Å². The summed E-state index contributed by atoms with van der Waals surface area (Å²) in [6.07, 6.45) is 3.53. The average Bonchev–Trinajstić information content (AvgIpc) is 3.07. The fraction of sp³-hybridized carbons (Fsp3) is 0.611. The molecule has 1 saturated carbocycles. The Labute approximate surface area is 147 Å². The van der Waals surface area contributed by atoms with Crippen LogP contribution in [0, 0.1) is 12.8 Å². The molecule has 4 amide bonds. The number of nitrogens with one attached hydrogen (secondary N) is 1. The van der Waals surface area contributed by atoms with Gasteiger partial charge in [-0.1, -0.05) is 19.8 Å². The smallest absolute Gasteiger partial charge is 0.325 e. The van der Waals surface area contributed by atoms with Gasteiger partial charge < -0.3 is 14.6 Å². The molecule has 1 spiro atoms. The van der Waals surface area contributed by atoms with E-state index in [0.29, 0.717) is 18.7 Å². The van der Waals surface area contributed by atoms with Gasteiger partial charge in [0.05, 0.1) is 6.54 Å². The maximum absolute atomic E-state index is 12.9. The van der Waals surface area contributed by atoms with E-state index < -0.39 is 11.6 Å². The van der Waals surface area contributed by atoms with Crippen molar-refractivity contribution in [1.29, 1.82) is 0 Å². The lowest BCUT2D eigenvalue weighted by Gasteiger charge is -2.36. The lowest BCUT2D eigenvalue weighted by atomic mass is 9.73. The van der Waals surface area contributed by atoms with Crippen molar-refractivity contribution in [1.82, 2.24) is 15.1 Å². The van der Waals surface area contributed by atoms with Crippen LogP contribution < -0.4 is 5.32 Å². The Balaban J connectivity index is 1.66. The maximum Gasteiger partial charge on any atom is 0.325 e. The Morgan fingerprint density at radius 2 is 2.16 bits per heavy atom. The molecule has 1 saturated heterocycles. The minimum absolute atomic E-state index is 0.0848. The van der Waals surface area contributed by atoms with Crippen molar-refractivity contribution in [3.05, 3.63) is 23.7 Å². The third-order valence-corrected chi connectivity index (χ3v) is 5.41. The number of rotatable bonds is 4. The second kappa shape index (κ2) is 6.54. The van der Waals surface area contributed by atoms with Crippen molar-refractivity contribution < 1.29 is 18.8 Å². The summed E-state index contributed by atoms with van der Waals surface area (Å²) < 4.78 is 5.47. The summed E-state index contributed by atoms with van der Waals surface area (Å²) in [5, 5.41) is 2.86. The molecule has 1 aliphatic heterocycles. The van der Waals surface area contributed by atoms with E-state index in [-0.39, 0.29) is 24.3 Å². The van der Waals surface area contributed by atoms with Gasteiger partial charge in [-0.25, -0.2) is 4.79 Å². The number of hydrogen-bond donors (Lipinski definition) is 1. The lowest BCUT2D eigenvalue weighted by Crippen LogP contribution is -2.54. The molecule has 1 N–H and O–H groups in total. The molecular formula is C18H25N3O4. The highest BCUT2D eigenvalue weighted by atomic mass is 16.3. The minimum Gasteiger partial charge on any atom is -0.464 e. The van der Waals surface area contributed by atoms with E-state index in [9.17, 15) is 14.4 Å². The van der Waals surface area contributed by atoms with E-state index in [2.05, 4.69) is 5.32 Å². The van der Waals surface area contributed by atoms with Crippen molar-refractivity contribution in [3.8, 4) is 0 Å². The Hall–Kier alpha value is -2.31. The Morgan fingerprint density at radius 3 is 2.80 bits per heavy atom. The number of carbonyl (C=O) groups is 3. The predicted octanol–water partition coefficient (Wildman–Crippen LogP) is 2.05. The van der Waals surface area contributed by atoms with Crippen LogP contribution in [0.3, 0.4) is 0 Å². The van der Waals surface area contributed by atoms with Crippen LogP contribution >= 0.6 is 0 Å². The monoisotopic (exact) mass is 347 g/mol. The Morgan fingerprint density at radius 1 is 1.40 bits per heavy atom. The molecule has 1 aliphatic carbocycles. The number of imide groups is 1. The molecule has 1 aromatic rings. The number of aryl methyl sites for hydroxylation is 1. The van der Waals surface area contributed by atoms with Gasteiger partial charge in [0.25, 0.3) is 5.91 Å². The van der Waals surface area contributed by atoms with Crippen molar-refractivity contribution >= 4 is 17.8 Å². The maximum atomic E-state index is 12.9. The SMILES string of the molecule is Cc1ccc(CN(C)C(=O)CN2C(=O)N[C@]3(CCCC[C@@H]3C)C2=O)o1. The number of carbonyl (C=O) groups excluding carboxylic acids is 3. The number of urea groups is 1. The first-order chi connectivity index (χ1) is 11.8. The quantitative estimate of drug-likeness (QED) is 0.845. The van der Waals surface area contributed by atoms with Gasteiger partial charge in [-0.15, -0.1) is 0 Å². The van der Waals surface area contributed by atoms with Gasteiger partial charge >= 0.3 is 6.03 Å². The van der Waals surface area contributed by atoms with Crippen molar-refractivity contribution in [3.63, 3.8) is 0 Å². The van der Waals surface area contributed by atoms with E-state index in [1.54, 1.807) is 7.05 Å². The van der Waals surface area contributed by atoms with Crippen molar-refractivity contribution in [2.75, 3.05) is 13.6 Å². The molecule has 2 heterocycles. The predicted molar refractivity (Wildman–Crippen MR) is 90.5 cm³/mol. The molecule has 1 aromatic heterocycles. The molecule has 0 bridgehead atoms. The van der Waals surface area contributed by atoms with Gasteiger partial charge in [0.1, 0.15) is 23.6 Å². The van der Waals surface area contributed by atoms with Gasteiger partial charge in [-0.2, -0.15) is 0 Å². The largest absolute Gasteiger partial charge is 0.464 e. The molecule has 0 radical (unpaired) electrons. The van der Waals surface area contributed by atoms with E-state index in [1.165, 1.54) is 4.90 Å². The van der Waals surface area contributed by atoms with Crippen LogP contribution in [0.25, 0.3) is 0 Å². The summed E-state index contributed by atoms with van der Waals surface area (Å²) in [6.45, 7) is 3.89. The normalized spacial score (nSPS) is 26.2. The molecule has 7 nitrogen and oxygen atoms in total. The van der Waals surface area contributed by atoms with Crippen LogP contribution in [0.2, 0.25) is 0 Å². The van der Waals surface area contributed by atoms with Gasteiger partial charge in [-0.3, -0.25) is 14.5 Å². The minimum atomic E-state index is -0.827. The standard InChI is InChI=1S/C18H25N3O4/c1-12-6-4-5-9-18(12)16(23)21(17(24)19-18)11-15(22)20(3)10-14-8-7-13(2)25-14/h7-8,12H,4-6,9-11H2,1-3H3,(H,19,24)/t12-,18-/m0/s1. The summed E-state index contributed by atoms with van der Waals surface area (Å²) in [5.74, 6) is 0.973. The van der Waals surface area contributed by atoms with E-state index >= 15 is 0 Å². The van der Waals surface area contributed by atoms with Crippen LogP contribution in [0.4, 0.5) is 4.79 Å². The van der Waals surface area contributed by atoms with Crippen molar-refractivity contribution in [2.24, 2.45) is 5.92 Å². The zero-order valence-corrected chi connectivity index (χ0v) is 15.0. The average molecular weight is 347 g/mol. The Bertz CT molecular complexity index is 698. The topological polar surface area (TPSA) is 82.9 Å². The Kier molecular flexibility index (Phi) is 4.58. The number of amides is 4. The second-order valence-corrected chi connectivity index (χ2v) is 7.20. The van der Waals surface area contributed by atoms with Gasteiger partial charge in [0, 0.05) is 7.05 Å². The van der Waals surface area contributed by atoms with E-state index in [1.807, 2.05) is 26.0 Å². The summed E-state index contributed by atoms with van der Waals surface area (Å²) in [6, 6.07) is 3.18. The molecule has 7 heteroatoms. The van der Waals surface area contributed by atoms with Gasteiger partial charge in [0.15, 0.2) is 0 Å². The van der Waals surface area contributed by atoms with Gasteiger partial charge in [0.2, 0.25) is 5.91 Å². The molecule has 136 valence electrons. The molecule has 25 heavy (non-hydrogen) atoms. The summed E-state index contributed by atoms with van der Waals surface area (Å²) in [7, 11) is 1.64. The number of furan rings is 1. The first kappa shape index (κ1) is 17.5. The zero-order chi connectivity index (χ0) is 18.2. The number of hydrogen-bond acceptors (Lipinski definition) is 4. The molecule has 0 unspecified atom stereocenters. The van der Waals surface area contributed by atoms with E-state index in [0.717, 1.165) is 29.9 Å². The van der Waals surface area contributed by atoms with Crippen molar-refractivity contribution in [2.45, 2.75) is 51.6 Å². The van der Waals surface area contributed by atoms with Crippen LogP contribution in [-0.4, -0.2) is 46.8 Å². The van der Waals surface area contributed by atoms with Crippen LogP contribution in [-0.2, 0) is 16.1 Å². The van der Waals surface area contributed by atoms with Crippen LogP contribution in [0.1, 0.15) is 44.1 Å². The fourth-order valence-electron chi connectivity index (χ4n) is 3.79. The third kappa shape index (κ3) is 3.15. The molecular weight excluding hydrogens is 322 g/mol. The molecule has 3 rings (SSSR count). The van der Waals surface area contributed by atoms with Crippen LogP contribution in [0.15, 0.2) is 16.5 Å².